The SMILES string of the molecule is CC(NCCCN1CCCCC1C)c1ccc(Cl)c(Cl)c1. The molecule has 1 N–H and O–H groups in total. The second-order valence-corrected chi connectivity index (χ2v) is 6.90. The summed E-state index contributed by atoms with van der Waals surface area (Å²) >= 11 is 12.0. The second kappa shape index (κ2) is 8.38. The molecule has 2 atom stereocenters. The normalized spacial score (nSPS) is 21.4. The van der Waals surface area contributed by atoms with E-state index < -0.39 is 0 Å². The Balaban J connectivity index is 1.71. The van der Waals surface area contributed by atoms with Crippen LogP contribution in [0.5, 0.6) is 0 Å². The van der Waals surface area contributed by atoms with E-state index in [4.69, 9.17) is 23.2 Å². The lowest BCUT2D eigenvalue weighted by Crippen LogP contribution is -2.39. The summed E-state index contributed by atoms with van der Waals surface area (Å²) in [5.41, 5.74) is 1.19. The number of nitrogens with zero attached hydrogens (tertiary/aromatic N) is 1. The highest BCUT2D eigenvalue weighted by Gasteiger charge is 2.17. The molecule has 0 saturated carbocycles. The first-order chi connectivity index (χ1) is 10.1. The quantitative estimate of drug-likeness (QED) is 0.746. The van der Waals surface area contributed by atoms with Crippen molar-refractivity contribution < 1.29 is 0 Å². The zero-order chi connectivity index (χ0) is 15.2. The number of benzene rings is 1. The molecule has 0 radical (unpaired) electrons. The molecule has 1 heterocycles. The molecule has 1 aromatic carbocycles. The van der Waals surface area contributed by atoms with Gasteiger partial charge in [-0.15, -0.1) is 0 Å². The first-order valence-corrected chi connectivity index (χ1v) is 8.76. The van der Waals surface area contributed by atoms with Crippen molar-refractivity contribution in [3.05, 3.63) is 33.8 Å². The number of hydrogen-bond acceptors (Lipinski definition) is 2. The van der Waals surface area contributed by atoms with Gasteiger partial charge in [-0.05, 0) is 70.4 Å². The molecule has 2 unspecified atom stereocenters. The Morgan fingerprint density at radius 2 is 2.10 bits per heavy atom. The minimum atomic E-state index is 0.304. The molecule has 0 spiro atoms. The topological polar surface area (TPSA) is 15.3 Å². The molecule has 21 heavy (non-hydrogen) atoms. The zero-order valence-electron chi connectivity index (χ0n) is 13.0. The summed E-state index contributed by atoms with van der Waals surface area (Å²) in [6.45, 7) is 8.02. The average Bonchev–Trinajstić information content (AvgIpc) is 2.48. The van der Waals surface area contributed by atoms with Gasteiger partial charge in [-0.2, -0.15) is 0 Å². The fourth-order valence-electron chi connectivity index (χ4n) is 2.99. The molecule has 1 aromatic rings. The molecule has 0 amide bonds. The van der Waals surface area contributed by atoms with Crippen LogP contribution >= 0.6 is 23.2 Å². The summed E-state index contributed by atoms with van der Waals surface area (Å²) in [5, 5.41) is 4.82. The van der Waals surface area contributed by atoms with E-state index in [9.17, 15) is 0 Å². The van der Waals surface area contributed by atoms with Crippen LogP contribution in [0.2, 0.25) is 10.0 Å². The molecule has 0 aromatic heterocycles. The van der Waals surface area contributed by atoms with Crippen LogP contribution in [0.4, 0.5) is 0 Å². The van der Waals surface area contributed by atoms with Gasteiger partial charge in [-0.25, -0.2) is 0 Å². The van der Waals surface area contributed by atoms with E-state index in [0.29, 0.717) is 16.1 Å². The molecule has 0 aliphatic carbocycles. The minimum Gasteiger partial charge on any atom is -0.310 e. The van der Waals surface area contributed by atoms with Gasteiger partial charge in [0.25, 0.3) is 0 Å². The van der Waals surface area contributed by atoms with Crippen LogP contribution < -0.4 is 5.32 Å². The van der Waals surface area contributed by atoms with Crippen LogP contribution in [0.1, 0.15) is 51.1 Å². The number of halogens is 2. The molecule has 4 heteroatoms. The van der Waals surface area contributed by atoms with E-state index in [0.717, 1.165) is 12.6 Å². The van der Waals surface area contributed by atoms with Gasteiger partial charge >= 0.3 is 0 Å². The Morgan fingerprint density at radius 1 is 1.29 bits per heavy atom. The molecular formula is C17H26Cl2N2. The van der Waals surface area contributed by atoms with Gasteiger partial charge < -0.3 is 10.2 Å². The maximum atomic E-state index is 6.07. The average molecular weight is 329 g/mol. The number of hydrogen-bond donors (Lipinski definition) is 1. The highest BCUT2D eigenvalue weighted by Crippen LogP contribution is 2.25. The lowest BCUT2D eigenvalue weighted by atomic mass is 10.0. The number of rotatable bonds is 6. The van der Waals surface area contributed by atoms with Crippen molar-refractivity contribution >= 4 is 23.2 Å². The van der Waals surface area contributed by atoms with Gasteiger partial charge in [-0.3, -0.25) is 0 Å². The van der Waals surface area contributed by atoms with E-state index in [1.165, 1.54) is 44.3 Å². The van der Waals surface area contributed by atoms with Gasteiger partial charge in [0, 0.05) is 12.1 Å². The van der Waals surface area contributed by atoms with Crippen molar-refractivity contribution in [2.75, 3.05) is 19.6 Å². The van der Waals surface area contributed by atoms with Crippen LogP contribution in [-0.2, 0) is 0 Å². The monoisotopic (exact) mass is 328 g/mol. The second-order valence-electron chi connectivity index (χ2n) is 6.08. The van der Waals surface area contributed by atoms with E-state index in [-0.39, 0.29) is 0 Å². The van der Waals surface area contributed by atoms with Crippen LogP contribution in [0.3, 0.4) is 0 Å². The molecule has 2 rings (SSSR count). The molecule has 1 saturated heterocycles. The third-order valence-electron chi connectivity index (χ3n) is 4.46. The van der Waals surface area contributed by atoms with Crippen LogP contribution in [0.15, 0.2) is 18.2 Å². The first kappa shape index (κ1) is 17.1. The van der Waals surface area contributed by atoms with E-state index in [1.54, 1.807) is 0 Å². The Kier molecular flexibility index (Phi) is 6.81. The predicted octanol–water partition coefficient (Wildman–Crippen LogP) is 4.91. The third kappa shape index (κ3) is 5.14. The van der Waals surface area contributed by atoms with Crippen molar-refractivity contribution in [3.8, 4) is 0 Å². The van der Waals surface area contributed by atoms with Crippen molar-refractivity contribution in [2.24, 2.45) is 0 Å². The highest BCUT2D eigenvalue weighted by atomic mass is 35.5. The van der Waals surface area contributed by atoms with E-state index >= 15 is 0 Å². The van der Waals surface area contributed by atoms with Crippen LogP contribution in [0.25, 0.3) is 0 Å². The Hall–Kier alpha value is -0.280. The standard InChI is InChI=1S/C17H26Cl2N2/c1-13-6-3-4-10-21(13)11-5-9-20-14(2)15-7-8-16(18)17(19)12-15/h7-8,12-14,20H,3-6,9-11H2,1-2H3. The Morgan fingerprint density at radius 3 is 2.81 bits per heavy atom. The number of piperidine rings is 1. The molecule has 0 bridgehead atoms. The van der Waals surface area contributed by atoms with Crippen LogP contribution in [-0.4, -0.2) is 30.6 Å². The number of nitrogens with one attached hydrogen (secondary N) is 1. The van der Waals surface area contributed by atoms with E-state index in [1.807, 2.05) is 18.2 Å². The third-order valence-corrected chi connectivity index (χ3v) is 5.20. The Labute approximate surface area is 138 Å². The largest absolute Gasteiger partial charge is 0.310 e. The van der Waals surface area contributed by atoms with Crippen LogP contribution in [0, 0.1) is 0 Å². The molecule has 118 valence electrons. The predicted molar refractivity (Wildman–Crippen MR) is 92.4 cm³/mol. The molecule has 1 aliphatic heterocycles. The minimum absolute atomic E-state index is 0.304. The fraction of sp³-hybridized carbons (Fsp3) is 0.647. The van der Waals surface area contributed by atoms with Gasteiger partial charge in [-0.1, -0.05) is 35.7 Å². The van der Waals surface area contributed by atoms with Crippen molar-refractivity contribution in [3.63, 3.8) is 0 Å². The summed E-state index contributed by atoms with van der Waals surface area (Å²) in [6, 6.07) is 6.92. The molecular weight excluding hydrogens is 303 g/mol. The van der Waals surface area contributed by atoms with Gasteiger partial charge in [0.05, 0.1) is 10.0 Å². The summed E-state index contributed by atoms with van der Waals surface area (Å²) in [7, 11) is 0. The summed E-state index contributed by atoms with van der Waals surface area (Å²) in [6.07, 6.45) is 5.30. The lowest BCUT2D eigenvalue weighted by Gasteiger charge is -2.33. The fourth-order valence-corrected chi connectivity index (χ4v) is 3.30. The van der Waals surface area contributed by atoms with Crippen molar-refractivity contribution in [1.29, 1.82) is 0 Å². The summed E-state index contributed by atoms with van der Waals surface area (Å²) in [5.74, 6) is 0. The van der Waals surface area contributed by atoms with E-state index in [2.05, 4.69) is 24.1 Å². The molecule has 1 aliphatic rings. The molecule has 2 nitrogen and oxygen atoms in total. The van der Waals surface area contributed by atoms with Gasteiger partial charge in [0.15, 0.2) is 0 Å². The highest BCUT2D eigenvalue weighted by molar-refractivity contribution is 6.42. The zero-order valence-corrected chi connectivity index (χ0v) is 14.6. The maximum absolute atomic E-state index is 6.07. The smallest absolute Gasteiger partial charge is 0.0595 e. The number of likely N-dealkylation sites (tertiary alicyclic amines) is 1. The van der Waals surface area contributed by atoms with Gasteiger partial charge in [0.2, 0.25) is 0 Å². The van der Waals surface area contributed by atoms with Crippen molar-refractivity contribution in [1.82, 2.24) is 10.2 Å². The molecule has 1 fully saturated rings. The first-order valence-electron chi connectivity index (χ1n) is 8.00. The maximum Gasteiger partial charge on any atom is 0.0595 e. The van der Waals surface area contributed by atoms with Gasteiger partial charge in [0.1, 0.15) is 0 Å². The summed E-state index contributed by atoms with van der Waals surface area (Å²) in [4.78, 5) is 2.62. The van der Waals surface area contributed by atoms with Crippen molar-refractivity contribution in [2.45, 2.75) is 51.6 Å². The Bertz CT molecular complexity index is 450. The lowest BCUT2D eigenvalue weighted by molar-refractivity contribution is 0.158. The summed E-state index contributed by atoms with van der Waals surface area (Å²) < 4.78 is 0.